The highest BCUT2D eigenvalue weighted by atomic mass is 32.1. The van der Waals surface area contributed by atoms with Crippen molar-refractivity contribution in [3.63, 3.8) is 0 Å². The van der Waals surface area contributed by atoms with Crippen molar-refractivity contribution < 1.29 is 4.79 Å². The zero-order chi connectivity index (χ0) is 14.8. The van der Waals surface area contributed by atoms with Crippen LogP contribution in [-0.2, 0) is 13.5 Å². The Labute approximate surface area is 126 Å². The van der Waals surface area contributed by atoms with E-state index in [0.717, 1.165) is 29.2 Å². The molecule has 3 aromatic rings. The molecule has 0 aliphatic rings. The molecule has 0 saturated carbocycles. The Morgan fingerprint density at radius 2 is 2.29 bits per heavy atom. The van der Waals surface area contributed by atoms with Crippen molar-refractivity contribution in [3.8, 4) is 0 Å². The monoisotopic (exact) mass is 303 g/mol. The summed E-state index contributed by atoms with van der Waals surface area (Å²) in [5, 5.41) is 10.3. The van der Waals surface area contributed by atoms with Crippen LogP contribution in [0.25, 0.3) is 5.65 Å². The minimum atomic E-state index is -0.0814. The van der Waals surface area contributed by atoms with Gasteiger partial charge in [-0.15, -0.1) is 11.3 Å². The second-order valence-electron chi connectivity index (χ2n) is 4.98. The molecule has 3 aromatic heterocycles. The summed E-state index contributed by atoms with van der Waals surface area (Å²) in [4.78, 5) is 16.6. The lowest BCUT2D eigenvalue weighted by molar-refractivity contribution is 0.0954. The van der Waals surface area contributed by atoms with Crippen LogP contribution in [0.1, 0.15) is 27.5 Å². The van der Waals surface area contributed by atoms with Crippen LogP contribution >= 0.6 is 11.3 Å². The van der Waals surface area contributed by atoms with Crippen LogP contribution in [0, 0.1) is 6.92 Å². The molecule has 21 heavy (non-hydrogen) atoms. The third-order valence-corrected chi connectivity index (χ3v) is 4.33. The molecule has 3 rings (SSSR count). The maximum absolute atomic E-state index is 12.2. The maximum atomic E-state index is 12.2. The van der Waals surface area contributed by atoms with Crippen LogP contribution in [0.2, 0.25) is 0 Å². The number of hydrogen-bond acceptors (Lipinski definition) is 4. The summed E-state index contributed by atoms with van der Waals surface area (Å²) in [5.74, 6) is -0.0814. The van der Waals surface area contributed by atoms with Crippen LogP contribution in [0.5, 0.6) is 0 Å². The number of carbonyl (C=O) groups is 1. The number of nitrogens with one attached hydrogen (secondary N) is 1. The van der Waals surface area contributed by atoms with Gasteiger partial charge in [0.15, 0.2) is 0 Å². The quantitative estimate of drug-likeness (QED) is 0.731. The Balaban J connectivity index is 1.55. The Morgan fingerprint density at radius 1 is 1.43 bits per heavy atom. The molecule has 0 fully saturated rings. The van der Waals surface area contributed by atoms with Gasteiger partial charge in [-0.2, -0.15) is 5.10 Å². The first-order valence-electron chi connectivity index (χ1n) is 6.83. The van der Waals surface area contributed by atoms with E-state index < -0.39 is 0 Å². The van der Waals surface area contributed by atoms with Crippen LogP contribution in [0.3, 0.4) is 0 Å². The largest absolute Gasteiger partial charge is 0.352 e. The van der Waals surface area contributed by atoms with Gasteiger partial charge in [-0.05, 0) is 13.3 Å². The fraction of sp³-hybridized carbons (Fsp3) is 0.357. The van der Waals surface area contributed by atoms with Crippen molar-refractivity contribution >= 4 is 22.9 Å². The fourth-order valence-electron chi connectivity index (χ4n) is 2.26. The molecule has 0 radical (unpaired) electrons. The molecular formula is C14H17N5OS. The minimum Gasteiger partial charge on any atom is -0.352 e. The number of imidazole rings is 1. The van der Waals surface area contributed by atoms with Crippen LogP contribution < -0.4 is 5.32 Å². The first kappa shape index (κ1) is 13.8. The van der Waals surface area contributed by atoms with Crippen LogP contribution in [0.15, 0.2) is 24.0 Å². The molecule has 0 spiro atoms. The SMILES string of the molecule is Cc1csc(CCCNC(=O)c2cnn3ccn(C)c23)n1. The van der Waals surface area contributed by atoms with Crippen molar-refractivity contribution in [1.29, 1.82) is 0 Å². The predicted octanol–water partition coefficient (Wildman–Crippen LogP) is 1.80. The molecule has 7 heteroatoms. The van der Waals surface area contributed by atoms with Gasteiger partial charge in [-0.3, -0.25) is 4.79 Å². The van der Waals surface area contributed by atoms with Crippen molar-refractivity contribution in [2.75, 3.05) is 6.54 Å². The van der Waals surface area contributed by atoms with Gasteiger partial charge in [-0.25, -0.2) is 9.50 Å². The van der Waals surface area contributed by atoms with E-state index in [0.29, 0.717) is 12.1 Å². The van der Waals surface area contributed by atoms with E-state index in [-0.39, 0.29) is 5.91 Å². The summed E-state index contributed by atoms with van der Waals surface area (Å²) < 4.78 is 3.59. The van der Waals surface area contributed by atoms with E-state index in [1.807, 2.05) is 36.3 Å². The summed E-state index contributed by atoms with van der Waals surface area (Å²) in [6, 6.07) is 0. The fourth-order valence-corrected chi connectivity index (χ4v) is 3.08. The smallest absolute Gasteiger partial charge is 0.256 e. The first-order chi connectivity index (χ1) is 10.1. The van der Waals surface area contributed by atoms with Gasteiger partial charge in [0.1, 0.15) is 11.2 Å². The molecule has 0 aliphatic carbocycles. The third-order valence-electron chi connectivity index (χ3n) is 3.30. The lowest BCUT2D eigenvalue weighted by atomic mass is 10.3. The number of nitrogens with zero attached hydrogens (tertiary/aromatic N) is 4. The van der Waals surface area contributed by atoms with E-state index >= 15 is 0 Å². The maximum Gasteiger partial charge on any atom is 0.256 e. The summed E-state index contributed by atoms with van der Waals surface area (Å²) >= 11 is 1.67. The highest BCUT2D eigenvalue weighted by molar-refractivity contribution is 7.09. The third kappa shape index (κ3) is 2.82. The number of carbonyl (C=O) groups excluding carboxylic acids is 1. The van der Waals surface area contributed by atoms with Crippen molar-refractivity contribution in [1.82, 2.24) is 24.5 Å². The number of amides is 1. The van der Waals surface area contributed by atoms with Gasteiger partial charge in [0.05, 0.1) is 11.2 Å². The number of rotatable bonds is 5. The molecule has 0 saturated heterocycles. The van der Waals surface area contributed by atoms with Gasteiger partial charge in [0.2, 0.25) is 0 Å². The summed E-state index contributed by atoms with van der Waals surface area (Å²) in [7, 11) is 1.90. The minimum absolute atomic E-state index is 0.0814. The molecule has 1 N–H and O–H groups in total. The van der Waals surface area contributed by atoms with Crippen molar-refractivity contribution in [2.24, 2.45) is 7.05 Å². The average molecular weight is 303 g/mol. The van der Waals surface area contributed by atoms with Crippen molar-refractivity contribution in [2.45, 2.75) is 19.8 Å². The van der Waals surface area contributed by atoms with Gasteiger partial charge in [0.25, 0.3) is 5.91 Å². The van der Waals surface area contributed by atoms with Gasteiger partial charge < -0.3 is 9.88 Å². The predicted molar refractivity (Wildman–Crippen MR) is 81.7 cm³/mol. The lowest BCUT2D eigenvalue weighted by Crippen LogP contribution is -2.25. The molecule has 0 bridgehead atoms. The van der Waals surface area contributed by atoms with Crippen LogP contribution in [0.4, 0.5) is 0 Å². The zero-order valence-corrected chi connectivity index (χ0v) is 12.9. The Bertz CT molecular complexity index is 769. The molecule has 0 aromatic carbocycles. The molecule has 0 aliphatic heterocycles. The Kier molecular flexibility index (Phi) is 3.74. The molecule has 0 atom stereocenters. The zero-order valence-electron chi connectivity index (χ0n) is 12.0. The Hall–Kier alpha value is -2.15. The van der Waals surface area contributed by atoms with E-state index in [1.54, 1.807) is 22.0 Å². The first-order valence-corrected chi connectivity index (χ1v) is 7.71. The van der Waals surface area contributed by atoms with E-state index in [2.05, 4.69) is 15.4 Å². The van der Waals surface area contributed by atoms with Crippen molar-refractivity contribution in [3.05, 3.63) is 40.2 Å². The number of thiazole rings is 1. The second kappa shape index (κ2) is 5.69. The molecule has 6 nitrogen and oxygen atoms in total. The molecule has 110 valence electrons. The summed E-state index contributed by atoms with van der Waals surface area (Å²) in [6.45, 7) is 2.63. The normalized spacial score (nSPS) is 11.1. The molecule has 3 heterocycles. The molecular weight excluding hydrogens is 286 g/mol. The second-order valence-corrected chi connectivity index (χ2v) is 5.92. The van der Waals surface area contributed by atoms with E-state index in [9.17, 15) is 4.79 Å². The van der Waals surface area contributed by atoms with E-state index in [1.165, 1.54) is 0 Å². The summed E-state index contributed by atoms with van der Waals surface area (Å²) in [5.41, 5.74) is 2.47. The molecule has 0 unspecified atom stereocenters. The average Bonchev–Trinajstić information content (AvgIpc) is 3.14. The van der Waals surface area contributed by atoms with Crippen LogP contribution in [-0.4, -0.2) is 31.6 Å². The standard InChI is InChI=1S/C14H17N5OS/c1-10-9-21-12(17-10)4-3-5-15-13(20)11-8-16-19-7-6-18(2)14(11)19/h6-9H,3-5H2,1-2H3,(H,15,20). The summed E-state index contributed by atoms with van der Waals surface area (Å²) in [6.07, 6.45) is 7.10. The Morgan fingerprint density at radius 3 is 3.05 bits per heavy atom. The van der Waals surface area contributed by atoms with Gasteiger partial charge in [-0.1, -0.05) is 0 Å². The van der Waals surface area contributed by atoms with E-state index in [4.69, 9.17) is 0 Å². The van der Waals surface area contributed by atoms with Gasteiger partial charge in [0, 0.05) is 43.5 Å². The number of fused-ring (bicyclic) bond motifs is 1. The lowest BCUT2D eigenvalue weighted by Gasteiger charge is -2.03. The topological polar surface area (TPSA) is 64.2 Å². The number of hydrogen-bond donors (Lipinski definition) is 1. The number of aromatic nitrogens is 4. The highest BCUT2D eigenvalue weighted by Gasteiger charge is 2.14. The highest BCUT2D eigenvalue weighted by Crippen LogP contribution is 2.12. The van der Waals surface area contributed by atoms with Gasteiger partial charge >= 0.3 is 0 Å². The number of aryl methyl sites for hydroxylation is 3. The molecule has 1 amide bonds.